The Morgan fingerprint density at radius 2 is 1.55 bits per heavy atom. The van der Waals surface area contributed by atoms with Gasteiger partial charge in [0.05, 0.1) is 5.92 Å². The second-order valence-electron chi connectivity index (χ2n) is 5.65. The summed E-state index contributed by atoms with van der Waals surface area (Å²) in [5, 5.41) is 14.5. The molecular formula is C16H20N2O4. The third-order valence-corrected chi connectivity index (χ3v) is 3.87. The lowest BCUT2D eigenvalue weighted by Gasteiger charge is -2.25. The Balaban J connectivity index is 1.93. The van der Waals surface area contributed by atoms with Crippen LogP contribution in [0.4, 0.5) is 11.4 Å². The van der Waals surface area contributed by atoms with Crippen LogP contribution in [-0.4, -0.2) is 22.9 Å². The lowest BCUT2D eigenvalue weighted by Crippen LogP contribution is -2.30. The van der Waals surface area contributed by atoms with Crippen molar-refractivity contribution in [2.45, 2.75) is 32.6 Å². The lowest BCUT2D eigenvalue weighted by molar-refractivity contribution is -0.143. The molecule has 1 aliphatic rings. The molecule has 0 bridgehead atoms. The molecule has 0 aliphatic heterocycles. The number of benzene rings is 1. The quantitative estimate of drug-likeness (QED) is 0.796. The highest BCUT2D eigenvalue weighted by molar-refractivity contribution is 5.93. The second-order valence-corrected chi connectivity index (χ2v) is 5.65. The smallest absolute Gasteiger partial charge is 0.306 e. The molecule has 1 aliphatic carbocycles. The van der Waals surface area contributed by atoms with E-state index in [4.69, 9.17) is 5.11 Å². The summed E-state index contributed by atoms with van der Waals surface area (Å²) in [6.45, 7) is 1.43. The van der Waals surface area contributed by atoms with Gasteiger partial charge in [0.1, 0.15) is 0 Å². The fraction of sp³-hybridized carbons (Fsp3) is 0.438. The highest BCUT2D eigenvalue weighted by atomic mass is 16.4. The minimum absolute atomic E-state index is 0.141. The standard InChI is InChI=1S/C16H20N2O4/c1-10(19)17-13-5-7-14(8-6-13)18-15(20)11-3-2-4-12(9-11)16(21)22/h5-8,11-12H,2-4,9H2,1H3,(H,17,19)(H,18,20)(H,21,22). The van der Waals surface area contributed by atoms with E-state index in [1.807, 2.05) is 0 Å². The molecule has 0 heterocycles. The molecule has 6 heteroatoms. The molecular weight excluding hydrogens is 284 g/mol. The molecule has 0 spiro atoms. The van der Waals surface area contributed by atoms with E-state index in [9.17, 15) is 14.4 Å². The minimum Gasteiger partial charge on any atom is -0.481 e. The molecule has 2 unspecified atom stereocenters. The topological polar surface area (TPSA) is 95.5 Å². The summed E-state index contributed by atoms with van der Waals surface area (Å²) in [4.78, 5) is 34.2. The van der Waals surface area contributed by atoms with Gasteiger partial charge < -0.3 is 15.7 Å². The van der Waals surface area contributed by atoms with E-state index in [0.717, 1.165) is 12.8 Å². The second kappa shape index (κ2) is 7.06. The van der Waals surface area contributed by atoms with Crippen LogP contribution in [0.5, 0.6) is 0 Å². The average molecular weight is 304 g/mol. The van der Waals surface area contributed by atoms with Crippen LogP contribution in [0.1, 0.15) is 32.6 Å². The number of hydrogen-bond acceptors (Lipinski definition) is 3. The van der Waals surface area contributed by atoms with Gasteiger partial charge in [0, 0.05) is 24.2 Å². The summed E-state index contributed by atoms with van der Waals surface area (Å²) in [6.07, 6.45) is 2.52. The number of amides is 2. The molecule has 1 saturated carbocycles. The molecule has 118 valence electrons. The van der Waals surface area contributed by atoms with Crippen molar-refractivity contribution in [1.29, 1.82) is 0 Å². The van der Waals surface area contributed by atoms with Gasteiger partial charge >= 0.3 is 5.97 Å². The van der Waals surface area contributed by atoms with Crippen LogP contribution < -0.4 is 10.6 Å². The van der Waals surface area contributed by atoms with Crippen molar-refractivity contribution < 1.29 is 19.5 Å². The van der Waals surface area contributed by atoms with Crippen LogP contribution in [0.2, 0.25) is 0 Å². The molecule has 1 aromatic carbocycles. The largest absolute Gasteiger partial charge is 0.481 e. The maximum atomic E-state index is 12.2. The highest BCUT2D eigenvalue weighted by Crippen LogP contribution is 2.30. The summed E-state index contributed by atoms with van der Waals surface area (Å²) in [5.74, 6) is -1.80. The van der Waals surface area contributed by atoms with Crippen molar-refractivity contribution in [3.05, 3.63) is 24.3 Å². The van der Waals surface area contributed by atoms with Gasteiger partial charge in [-0.05, 0) is 43.5 Å². The number of nitrogens with one attached hydrogen (secondary N) is 2. The molecule has 0 aromatic heterocycles. The first-order valence-corrected chi connectivity index (χ1v) is 7.37. The normalized spacial score (nSPS) is 21.0. The first kappa shape index (κ1) is 16.0. The zero-order chi connectivity index (χ0) is 16.1. The number of carboxylic acid groups (broad SMARTS) is 1. The predicted molar refractivity (Wildman–Crippen MR) is 82.5 cm³/mol. The van der Waals surface area contributed by atoms with E-state index in [1.165, 1.54) is 6.92 Å². The molecule has 22 heavy (non-hydrogen) atoms. The molecule has 3 N–H and O–H groups in total. The SMILES string of the molecule is CC(=O)Nc1ccc(NC(=O)C2CCCC(C(=O)O)C2)cc1. The average Bonchev–Trinajstić information content (AvgIpc) is 2.49. The Kier molecular flexibility index (Phi) is 5.14. The van der Waals surface area contributed by atoms with Gasteiger partial charge in [-0.3, -0.25) is 14.4 Å². The number of carbonyl (C=O) groups excluding carboxylic acids is 2. The number of carbonyl (C=O) groups is 3. The van der Waals surface area contributed by atoms with E-state index in [2.05, 4.69) is 10.6 Å². The molecule has 0 radical (unpaired) electrons. The number of hydrogen-bond donors (Lipinski definition) is 3. The number of anilines is 2. The third-order valence-electron chi connectivity index (χ3n) is 3.87. The maximum absolute atomic E-state index is 12.2. The Morgan fingerprint density at radius 3 is 2.09 bits per heavy atom. The third kappa shape index (κ3) is 4.31. The van der Waals surface area contributed by atoms with Crippen molar-refractivity contribution in [3.8, 4) is 0 Å². The predicted octanol–water partition coefficient (Wildman–Crippen LogP) is 2.47. The molecule has 0 saturated heterocycles. The van der Waals surface area contributed by atoms with Crippen LogP contribution in [0.3, 0.4) is 0 Å². The van der Waals surface area contributed by atoms with Crippen LogP contribution in [-0.2, 0) is 14.4 Å². The Labute approximate surface area is 128 Å². The van der Waals surface area contributed by atoms with Crippen LogP contribution in [0, 0.1) is 11.8 Å². The van der Waals surface area contributed by atoms with E-state index in [-0.39, 0.29) is 17.7 Å². The number of aliphatic carboxylic acids is 1. The molecule has 2 amide bonds. The van der Waals surface area contributed by atoms with E-state index in [0.29, 0.717) is 24.2 Å². The van der Waals surface area contributed by atoms with Gasteiger partial charge in [-0.1, -0.05) is 6.42 Å². The van der Waals surface area contributed by atoms with Crippen molar-refractivity contribution >= 4 is 29.2 Å². The molecule has 1 aromatic rings. The van der Waals surface area contributed by atoms with Gasteiger partial charge in [0.2, 0.25) is 11.8 Å². The van der Waals surface area contributed by atoms with Gasteiger partial charge in [-0.15, -0.1) is 0 Å². The van der Waals surface area contributed by atoms with E-state index >= 15 is 0 Å². The summed E-state index contributed by atoms with van der Waals surface area (Å²) >= 11 is 0. The van der Waals surface area contributed by atoms with Gasteiger partial charge in [-0.25, -0.2) is 0 Å². The summed E-state index contributed by atoms with van der Waals surface area (Å²) in [5.41, 5.74) is 1.30. The van der Waals surface area contributed by atoms with Gasteiger partial charge in [0.15, 0.2) is 0 Å². The maximum Gasteiger partial charge on any atom is 0.306 e. The first-order chi connectivity index (χ1) is 10.5. The fourth-order valence-electron chi connectivity index (χ4n) is 2.74. The van der Waals surface area contributed by atoms with Gasteiger partial charge in [0.25, 0.3) is 0 Å². The summed E-state index contributed by atoms with van der Waals surface area (Å²) in [6, 6.07) is 6.83. The zero-order valence-corrected chi connectivity index (χ0v) is 12.5. The number of carboxylic acids is 1. The minimum atomic E-state index is -0.822. The highest BCUT2D eigenvalue weighted by Gasteiger charge is 2.30. The van der Waals surface area contributed by atoms with Crippen LogP contribution in [0.25, 0.3) is 0 Å². The first-order valence-electron chi connectivity index (χ1n) is 7.37. The van der Waals surface area contributed by atoms with Crippen molar-refractivity contribution in [3.63, 3.8) is 0 Å². The van der Waals surface area contributed by atoms with Crippen molar-refractivity contribution in [1.82, 2.24) is 0 Å². The zero-order valence-electron chi connectivity index (χ0n) is 12.5. The summed E-state index contributed by atoms with van der Waals surface area (Å²) < 4.78 is 0. The molecule has 1 fully saturated rings. The Morgan fingerprint density at radius 1 is 1.00 bits per heavy atom. The lowest BCUT2D eigenvalue weighted by atomic mass is 9.81. The molecule has 2 atom stereocenters. The molecule has 6 nitrogen and oxygen atoms in total. The van der Waals surface area contributed by atoms with Gasteiger partial charge in [-0.2, -0.15) is 0 Å². The van der Waals surface area contributed by atoms with Crippen LogP contribution >= 0.6 is 0 Å². The van der Waals surface area contributed by atoms with Crippen molar-refractivity contribution in [2.75, 3.05) is 10.6 Å². The molecule has 2 rings (SSSR count). The number of rotatable bonds is 4. The fourth-order valence-corrected chi connectivity index (χ4v) is 2.74. The van der Waals surface area contributed by atoms with Crippen LogP contribution in [0.15, 0.2) is 24.3 Å². The summed E-state index contributed by atoms with van der Waals surface area (Å²) in [7, 11) is 0. The monoisotopic (exact) mass is 304 g/mol. The Hall–Kier alpha value is -2.37. The van der Waals surface area contributed by atoms with E-state index in [1.54, 1.807) is 24.3 Å². The van der Waals surface area contributed by atoms with Crippen molar-refractivity contribution in [2.24, 2.45) is 11.8 Å². The Bertz CT molecular complexity index is 568. The van der Waals surface area contributed by atoms with E-state index < -0.39 is 11.9 Å².